The first-order valence-corrected chi connectivity index (χ1v) is 12.0. The first-order valence-electron chi connectivity index (χ1n) is 12.0. The number of halogens is 1. The number of rotatable bonds is 8. The van der Waals surface area contributed by atoms with Crippen molar-refractivity contribution in [2.75, 3.05) is 7.11 Å². The van der Waals surface area contributed by atoms with Crippen LogP contribution in [0.15, 0.2) is 72.9 Å². The van der Waals surface area contributed by atoms with Gasteiger partial charge in [-0.05, 0) is 60.4 Å². The van der Waals surface area contributed by atoms with Gasteiger partial charge < -0.3 is 15.0 Å². The van der Waals surface area contributed by atoms with Crippen molar-refractivity contribution < 1.29 is 18.7 Å². The molecule has 1 aliphatic carbocycles. The largest absolute Gasteiger partial charge is 0.497 e. The summed E-state index contributed by atoms with van der Waals surface area (Å²) < 4.78 is 19.0. The van der Waals surface area contributed by atoms with E-state index in [1.165, 1.54) is 17.0 Å². The highest BCUT2D eigenvalue weighted by molar-refractivity contribution is 5.96. The zero-order valence-corrected chi connectivity index (χ0v) is 19.8. The van der Waals surface area contributed by atoms with E-state index >= 15 is 0 Å². The van der Waals surface area contributed by atoms with Gasteiger partial charge in [0.1, 0.15) is 23.3 Å². The Bertz CT molecular complexity index is 1110. The van der Waals surface area contributed by atoms with Crippen LogP contribution in [0, 0.1) is 5.82 Å². The molecule has 0 radical (unpaired) electrons. The van der Waals surface area contributed by atoms with Crippen molar-refractivity contribution in [3.05, 3.63) is 95.6 Å². The number of hydrogen-bond acceptors (Lipinski definition) is 4. The molecule has 3 aromatic rings. The number of benzene rings is 2. The number of carbonyl (C=O) groups is 2. The molecular formula is C28H30FN3O3. The summed E-state index contributed by atoms with van der Waals surface area (Å²) in [5, 5.41) is 3.16. The molecule has 1 N–H and O–H groups in total. The number of pyridine rings is 1. The van der Waals surface area contributed by atoms with Crippen LogP contribution in [0.2, 0.25) is 0 Å². The first-order chi connectivity index (χ1) is 17.0. The number of amides is 2. The second-order valence-electron chi connectivity index (χ2n) is 8.79. The molecule has 2 amide bonds. The lowest BCUT2D eigenvalue weighted by Gasteiger charge is -2.33. The molecule has 1 atom stereocenters. The van der Waals surface area contributed by atoms with Crippen molar-refractivity contribution in [1.29, 1.82) is 0 Å². The SMILES string of the molecule is COc1ccc(CN(C(=O)c2ccccn2)[C@@H](C(=O)NC2CCCCC2)c2ccc(F)cc2)cc1. The number of nitrogens with one attached hydrogen (secondary N) is 1. The van der Waals surface area contributed by atoms with E-state index < -0.39 is 11.9 Å². The molecule has 0 spiro atoms. The molecule has 182 valence electrons. The van der Waals surface area contributed by atoms with Crippen LogP contribution in [-0.2, 0) is 11.3 Å². The lowest BCUT2D eigenvalue weighted by molar-refractivity contribution is -0.127. The van der Waals surface area contributed by atoms with Crippen molar-refractivity contribution in [2.24, 2.45) is 0 Å². The Morgan fingerprint density at radius 2 is 1.74 bits per heavy atom. The maximum absolute atomic E-state index is 13.8. The lowest BCUT2D eigenvalue weighted by atomic mass is 9.94. The van der Waals surface area contributed by atoms with Gasteiger partial charge in [-0.25, -0.2) is 4.39 Å². The van der Waals surface area contributed by atoms with Crippen LogP contribution in [0.25, 0.3) is 0 Å². The average Bonchev–Trinajstić information content (AvgIpc) is 2.90. The monoisotopic (exact) mass is 475 g/mol. The third-order valence-corrected chi connectivity index (χ3v) is 6.35. The summed E-state index contributed by atoms with van der Waals surface area (Å²) in [6.07, 6.45) is 6.66. The van der Waals surface area contributed by atoms with E-state index in [0.29, 0.717) is 11.3 Å². The highest BCUT2D eigenvalue weighted by atomic mass is 19.1. The molecule has 35 heavy (non-hydrogen) atoms. The molecule has 0 unspecified atom stereocenters. The normalized spacial score (nSPS) is 14.7. The lowest BCUT2D eigenvalue weighted by Crippen LogP contribution is -2.47. The van der Waals surface area contributed by atoms with Crippen LogP contribution in [-0.4, -0.2) is 34.8 Å². The molecule has 1 saturated carbocycles. The van der Waals surface area contributed by atoms with E-state index in [4.69, 9.17) is 4.74 Å². The fourth-order valence-electron chi connectivity index (χ4n) is 4.49. The van der Waals surface area contributed by atoms with E-state index in [-0.39, 0.29) is 30.1 Å². The molecule has 1 aliphatic rings. The highest BCUT2D eigenvalue weighted by Gasteiger charge is 2.34. The number of carbonyl (C=O) groups excluding carboxylic acids is 2. The van der Waals surface area contributed by atoms with Gasteiger partial charge in [-0.2, -0.15) is 0 Å². The summed E-state index contributed by atoms with van der Waals surface area (Å²) in [6.45, 7) is 0.166. The Kier molecular flexibility index (Phi) is 8.08. The summed E-state index contributed by atoms with van der Waals surface area (Å²) in [4.78, 5) is 33.2. The molecule has 7 heteroatoms. The summed E-state index contributed by atoms with van der Waals surface area (Å²) in [5.74, 6) is -0.365. The molecule has 0 saturated heterocycles. The van der Waals surface area contributed by atoms with Crippen molar-refractivity contribution in [2.45, 2.75) is 50.7 Å². The number of nitrogens with zero attached hydrogens (tertiary/aromatic N) is 2. The topological polar surface area (TPSA) is 71.5 Å². The van der Waals surface area contributed by atoms with Gasteiger partial charge in [0.2, 0.25) is 5.91 Å². The molecule has 1 fully saturated rings. The Balaban J connectivity index is 1.72. The van der Waals surface area contributed by atoms with Gasteiger partial charge in [-0.3, -0.25) is 14.6 Å². The van der Waals surface area contributed by atoms with E-state index in [2.05, 4.69) is 10.3 Å². The van der Waals surface area contributed by atoms with Gasteiger partial charge >= 0.3 is 0 Å². The minimum atomic E-state index is -0.950. The highest BCUT2D eigenvalue weighted by Crippen LogP contribution is 2.28. The second kappa shape index (κ2) is 11.6. The van der Waals surface area contributed by atoms with Crippen LogP contribution in [0.5, 0.6) is 5.75 Å². The Labute approximate surface area is 205 Å². The Hall–Kier alpha value is -3.74. The average molecular weight is 476 g/mol. The van der Waals surface area contributed by atoms with Crippen molar-refractivity contribution in [3.63, 3.8) is 0 Å². The maximum Gasteiger partial charge on any atom is 0.273 e. The molecule has 6 nitrogen and oxygen atoms in total. The first kappa shape index (κ1) is 24.4. The number of hydrogen-bond donors (Lipinski definition) is 1. The van der Waals surface area contributed by atoms with Crippen LogP contribution in [0.1, 0.15) is 59.8 Å². The third kappa shape index (κ3) is 6.23. The molecule has 0 bridgehead atoms. The van der Waals surface area contributed by atoms with Crippen molar-refractivity contribution in [1.82, 2.24) is 15.2 Å². The zero-order chi connectivity index (χ0) is 24.6. The van der Waals surface area contributed by atoms with Crippen molar-refractivity contribution in [3.8, 4) is 5.75 Å². The zero-order valence-electron chi connectivity index (χ0n) is 19.8. The Morgan fingerprint density at radius 1 is 1.03 bits per heavy atom. The van der Waals surface area contributed by atoms with Gasteiger partial charge in [-0.1, -0.05) is 49.6 Å². The molecule has 4 rings (SSSR count). The maximum atomic E-state index is 13.8. The summed E-state index contributed by atoms with van der Waals surface area (Å²) in [7, 11) is 1.59. The molecule has 1 heterocycles. The number of ether oxygens (including phenoxy) is 1. The second-order valence-corrected chi connectivity index (χ2v) is 8.79. The number of methoxy groups -OCH3 is 1. The van der Waals surface area contributed by atoms with Crippen LogP contribution < -0.4 is 10.1 Å². The van der Waals surface area contributed by atoms with Gasteiger partial charge in [0.15, 0.2) is 0 Å². The number of aromatic nitrogens is 1. The summed E-state index contributed by atoms with van der Waals surface area (Å²) in [6, 6.07) is 17.3. The van der Waals surface area contributed by atoms with Crippen LogP contribution in [0.3, 0.4) is 0 Å². The van der Waals surface area contributed by atoms with Gasteiger partial charge in [0, 0.05) is 18.8 Å². The predicted octanol–water partition coefficient (Wildman–Crippen LogP) is 5.06. The quantitative estimate of drug-likeness (QED) is 0.494. The van der Waals surface area contributed by atoms with E-state index in [0.717, 1.165) is 37.7 Å². The molecule has 0 aliphatic heterocycles. The molecule has 2 aromatic carbocycles. The molecular weight excluding hydrogens is 445 g/mol. The smallest absolute Gasteiger partial charge is 0.273 e. The van der Waals surface area contributed by atoms with E-state index in [1.54, 1.807) is 43.6 Å². The van der Waals surface area contributed by atoms with E-state index in [9.17, 15) is 14.0 Å². The minimum Gasteiger partial charge on any atom is -0.497 e. The summed E-state index contributed by atoms with van der Waals surface area (Å²) >= 11 is 0. The Morgan fingerprint density at radius 3 is 2.37 bits per heavy atom. The predicted molar refractivity (Wildman–Crippen MR) is 131 cm³/mol. The standard InChI is InChI=1S/C28H30FN3O3/c1-35-24-16-10-20(11-17-24)19-32(28(34)25-9-5-6-18-30-25)26(21-12-14-22(29)15-13-21)27(33)31-23-7-3-2-4-8-23/h5-6,9-18,23,26H,2-4,7-8,19H2,1H3,(H,31,33)/t26-/m1/s1. The van der Waals surface area contributed by atoms with E-state index in [1.807, 2.05) is 24.3 Å². The van der Waals surface area contributed by atoms with Gasteiger partial charge in [0.25, 0.3) is 5.91 Å². The third-order valence-electron chi connectivity index (χ3n) is 6.35. The van der Waals surface area contributed by atoms with Crippen LogP contribution in [0.4, 0.5) is 4.39 Å². The summed E-state index contributed by atoms with van der Waals surface area (Å²) in [5.41, 5.74) is 1.60. The fraction of sp³-hybridized carbons (Fsp3) is 0.321. The van der Waals surface area contributed by atoms with Gasteiger partial charge in [-0.15, -0.1) is 0 Å². The van der Waals surface area contributed by atoms with Crippen molar-refractivity contribution >= 4 is 11.8 Å². The van der Waals surface area contributed by atoms with Gasteiger partial charge in [0.05, 0.1) is 7.11 Å². The fourth-order valence-corrected chi connectivity index (χ4v) is 4.49. The van der Waals surface area contributed by atoms with Crippen LogP contribution >= 0.6 is 0 Å². The minimum absolute atomic E-state index is 0.0620. The molecule has 1 aromatic heterocycles.